The fourth-order valence-corrected chi connectivity index (χ4v) is 4.48. The number of rotatable bonds is 6. The Hall–Kier alpha value is -2.92. The molecule has 0 fully saturated rings. The summed E-state index contributed by atoms with van der Waals surface area (Å²) in [6.45, 7) is 0. The molecule has 2 N–H and O–H groups in total. The molecule has 6 nitrogen and oxygen atoms in total. The molecule has 0 aliphatic rings. The Balaban J connectivity index is 1.98. The van der Waals surface area contributed by atoms with Crippen molar-refractivity contribution < 1.29 is 30.9 Å². The molecule has 178 valence electrons. The van der Waals surface area contributed by atoms with Gasteiger partial charge in [0, 0.05) is 16.1 Å². The minimum Gasteiger partial charge on any atom is -0.282 e. The number of alkyl halides is 3. The van der Waals surface area contributed by atoms with Gasteiger partial charge in [-0.05, 0) is 35.4 Å². The summed E-state index contributed by atoms with van der Waals surface area (Å²) in [5.41, 5.74) is 1.16. The normalized spacial score (nSPS) is 12.2. The van der Waals surface area contributed by atoms with Gasteiger partial charge in [-0.15, -0.1) is 0 Å². The topological polar surface area (TPSA) is 95.8 Å². The SMILES string of the molecule is O=C(Cc1cccc(Cl)c1)NN=Cc1ccccc1-c1c(S(=O)(=O)O)ccc(C(F)(F)F)c1Cl. The summed E-state index contributed by atoms with van der Waals surface area (Å²) in [6, 6.07) is 13.4. The Labute approximate surface area is 202 Å². The summed E-state index contributed by atoms with van der Waals surface area (Å²) in [5.74, 6) is -0.494. The van der Waals surface area contributed by atoms with E-state index < -0.39 is 43.2 Å². The smallest absolute Gasteiger partial charge is 0.282 e. The van der Waals surface area contributed by atoms with Gasteiger partial charge in [-0.3, -0.25) is 9.35 Å². The van der Waals surface area contributed by atoms with Gasteiger partial charge in [-0.1, -0.05) is 59.6 Å². The van der Waals surface area contributed by atoms with Gasteiger partial charge in [0.25, 0.3) is 10.1 Å². The number of amides is 1. The molecular formula is C22H15Cl2F3N2O4S. The highest BCUT2D eigenvalue weighted by molar-refractivity contribution is 7.86. The maximum atomic E-state index is 13.4. The van der Waals surface area contributed by atoms with Gasteiger partial charge >= 0.3 is 6.18 Å². The van der Waals surface area contributed by atoms with Crippen LogP contribution < -0.4 is 5.43 Å². The molecule has 3 aromatic carbocycles. The minimum atomic E-state index is -4.93. The van der Waals surface area contributed by atoms with Crippen LogP contribution in [0.1, 0.15) is 16.7 Å². The van der Waals surface area contributed by atoms with E-state index in [0.717, 1.165) is 6.21 Å². The molecule has 3 aromatic rings. The molecule has 0 bridgehead atoms. The van der Waals surface area contributed by atoms with E-state index >= 15 is 0 Å². The number of hydrogen-bond acceptors (Lipinski definition) is 4. The lowest BCUT2D eigenvalue weighted by Crippen LogP contribution is -2.19. The zero-order chi connectivity index (χ0) is 25.1. The van der Waals surface area contributed by atoms with Crippen molar-refractivity contribution in [1.82, 2.24) is 5.43 Å². The van der Waals surface area contributed by atoms with Gasteiger partial charge in [0.2, 0.25) is 5.91 Å². The van der Waals surface area contributed by atoms with Gasteiger partial charge in [0.05, 0.1) is 23.2 Å². The molecule has 0 unspecified atom stereocenters. The van der Waals surface area contributed by atoms with Crippen LogP contribution in [-0.4, -0.2) is 25.1 Å². The largest absolute Gasteiger partial charge is 0.417 e. The molecule has 0 aliphatic carbocycles. The van der Waals surface area contributed by atoms with Gasteiger partial charge in [0.1, 0.15) is 4.90 Å². The highest BCUT2D eigenvalue weighted by atomic mass is 35.5. The first-order chi connectivity index (χ1) is 15.9. The first-order valence-electron chi connectivity index (χ1n) is 9.41. The zero-order valence-corrected chi connectivity index (χ0v) is 19.3. The number of halogens is 5. The van der Waals surface area contributed by atoms with Crippen LogP contribution in [0.15, 0.2) is 70.7 Å². The number of nitrogens with one attached hydrogen (secondary N) is 1. The maximum Gasteiger partial charge on any atom is 0.417 e. The van der Waals surface area contributed by atoms with Gasteiger partial charge in [-0.2, -0.15) is 26.7 Å². The molecule has 0 aliphatic heterocycles. The second-order valence-corrected chi connectivity index (χ2v) is 9.16. The zero-order valence-electron chi connectivity index (χ0n) is 17.0. The summed E-state index contributed by atoms with van der Waals surface area (Å²) < 4.78 is 73.5. The van der Waals surface area contributed by atoms with Crippen molar-refractivity contribution in [1.29, 1.82) is 0 Å². The van der Waals surface area contributed by atoms with Crippen LogP contribution in [-0.2, 0) is 27.5 Å². The van der Waals surface area contributed by atoms with Gasteiger partial charge in [-0.25, -0.2) is 5.43 Å². The average Bonchev–Trinajstić information content (AvgIpc) is 2.72. The minimum absolute atomic E-state index is 0.0358. The highest BCUT2D eigenvalue weighted by Crippen LogP contribution is 2.43. The Morgan fingerprint density at radius 1 is 1.06 bits per heavy atom. The number of nitrogens with zero attached hydrogens (tertiary/aromatic N) is 1. The van der Waals surface area contributed by atoms with Crippen molar-refractivity contribution in [3.05, 3.63) is 87.4 Å². The predicted molar refractivity (Wildman–Crippen MR) is 123 cm³/mol. The van der Waals surface area contributed by atoms with Gasteiger partial charge < -0.3 is 0 Å². The molecule has 3 rings (SSSR count). The quantitative estimate of drug-likeness (QED) is 0.245. The number of carbonyl (C=O) groups excluding carboxylic acids is 1. The molecule has 0 heterocycles. The summed E-state index contributed by atoms with van der Waals surface area (Å²) in [5, 5.41) is 3.35. The van der Waals surface area contributed by atoms with Crippen LogP contribution in [0.25, 0.3) is 11.1 Å². The van der Waals surface area contributed by atoms with Gasteiger partial charge in [0.15, 0.2) is 0 Å². The van der Waals surface area contributed by atoms with Crippen molar-refractivity contribution in [3.8, 4) is 11.1 Å². The number of carbonyl (C=O) groups is 1. The third-order valence-electron chi connectivity index (χ3n) is 4.56. The number of hydrazone groups is 1. The molecule has 0 atom stereocenters. The molecule has 0 aromatic heterocycles. The van der Waals surface area contributed by atoms with Crippen LogP contribution >= 0.6 is 23.2 Å². The van der Waals surface area contributed by atoms with Crippen molar-refractivity contribution >= 4 is 45.4 Å². The first-order valence-corrected chi connectivity index (χ1v) is 11.6. The molecule has 12 heteroatoms. The summed E-state index contributed by atoms with van der Waals surface area (Å²) >= 11 is 11.9. The fraction of sp³-hybridized carbons (Fsp3) is 0.0909. The summed E-state index contributed by atoms with van der Waals surface area (Å²) in [7, 11) is -4.93. The Morgan fingerprint density at radius 3 is 2.41 bits per heavy atom. The van der Waals surface area contributed by atoms with Crippen LogP contribution in [0.4, 0.5) is 13.2 Å². The van der Waals surface area contributed by atoms with Crippen LogP contribution in [0.2, 0.25) is 10.0 Å². The monoisotopic (exact) mass is 530 g/mol. The van der Waals surface area contributed by atoms with Crippen molar-refractivity contribution in [2.75, 3.05) is 0 Å². The van der Waals surface area contributed by atoms with E-state index in [4.69, 9.17) is 23.2 Å². The Kier molecular flexibility index (Phi) is 7.67. The van der Waals surface area contributed by atoms with Crippen LogP contribution in [0.5, 0.6) is 0 Å². The molecule has 0 spiro atoms. The molecule has 0 saturated heterocycles. The van der Waals surface area contributed by atoms with E-state index in [1.165, 1.54) is 24.3 Å². The molecular weight excluding hydrogens is 516 g/mol. The lowest BCUT2D eigenvalue weighted by atomic mass is 9.98. The summed E-state index contributed by atoms with van der Waals surface area (Å²) in [4.78, 5) is 11.3. The third kappa shape index (κ3) is 6.15. The first kappa shape index (κ1) is 25.7. The molecule has 0 saturated carbocycles. The fourth-order valence-electron chi connectivity index (χ4n) is 3.13. The lowest BCUT2D eigenvalue weighted by Gasteiger charge is -2.17. The van der Waals surface area contributed by atoms with E-state index in [-0.39, 0.29) is 17.5 Å². The average molecular weight is 531 g/mol. The van der Waals surface area contributed by atoms with Crippen molar-refractivity contribution in [2.45, 2.75) is 17.5 Å². The Bertz CT molecular complexity index is 1380. The summed E-state index contributed by atoms with van der Waals surface area (Å²) in [6.07, 6.45) is -3.79. The molecule has 1 amide bonds. The van der Waals surface area contributed by atoms with E-state index in [1.807, 2.05) is 0 Å². The standard InChI is InChI=1S/C22H15Cl2F3N2O4S/c23-15-6-3-4-13(10-15)11-19(30)29-28-12-14-5-1-2-7-16(14)20-18(34(31,32)33)9-8-17(21(20)24)22(25,26)27/h1-10,12H,11H2,(H,29,30)(H,31,32,33). The lowest BCUT2D eigenvalue weighted by molar-refractivity contribution is -0.137. The van der Waals surface area contributed by atoms with E-state index in [9.17, 15) is 30.9 Å². The van der Waals surface area contributed by atoms with E-state index in [0.29, 0.717) is 22.7 Å². The number of hydrogen-bond donors (Lipinski definition) is 2. The second-order valence-electron chi connectivity index (χ2n) is 6.96. The van der Waals surface area contributed by atoms with Crippen molar-refractivity contribution in [3.63, 3.8) is 0 Å². The van der Waals surface area contributed by atoms with Crippen LogP contribution in [0.3, 0.4) is 0 Å². The third-order valence-corrected chi connectivity index (χ3v) is 6.09. The highest BCUT2D eigenvalue weighted by Gasteiger charge is 2.36. The van der Waals surface area contributed by atoms with E-state index in [2.05, 4.69) is 10.5 Å². The maximum absolute atomic E-state index is 13.4. The Morgan fingerprint density at radius 2 is 1.76 bits per heavy atom. The van der Waals surface area contributed by atoms with Crippen molar-refractivity contribution in [2.24, 2.45) is 5.10 Å². The predicted octanol–water partition coefficient (Wildman–Crippen LogP) is 5.62. The van der Waals surface area contributed by atoms with Crippen LogP contribution in [0, 0.1) is 0 Å². The molecule has 34 heavy (non-hydrogen) atoms. The second kappa shape index (κ2) is 10.1. The molecule has 0 radical (unpaired) electrons. The van der Waals surface area contributed by atoms with E-state index in [1.54, 1.807) is 24.3 Å². The number of benzene rings is 3.